The van der Waals surface area contributed by atoms with Gasteiger partial charge < -0.3 is 10.5 Å². The van der Waals surface area contributed by atoms with Crippen LogP contribution in [0.25, 0.3) is 0 Å². The topological polar surface area (TPSA) is 35.2 Å². The molecule has 0 heterocycles. The van der Waals surface area contributed by atoms with Gasteiger partial charge in [0.25, 0.3) is 0 Å². The normalized spacial score (nSPS) is 13.2. The minimum atomic E-state index is 0.132. The van der Waals surface area contributed by atoms with E-state index < -0.39 is 0 Å². The molecule has 0 aromatic heterocycles. The Labute approximate surface area is 98.8 Å². The summed E-state index contributed by atoms with van der Waals surface area (Å²) < 4.78 is 5.59. The van der Waals surface area contributed by atoms with E-state index in [0.717, 1.165) is 12.2 Å². The standard InChI is InChI=1S/C14H23NO/c1-10(2)9-14(15)12-5-7-13(8-6-12)16-11(3)4/h5-8,10-11,14H,9,15H2,1-4H3/t14-/m0/s1. The van der Waals surface area contributed by atoms with Gasteiger partial charge in [0.15, 0.2) is 0 Å². The van der Waals surface area contributed by atoms with E-state index in [2.05, 4.69) is 26.0 Å². The summed E-state index contributed by atoms with van der Waals surface area (Å²) >= 11 is 0. The third-order valence-electron chi connectivity index (χ3n) is 2.41. The van der Waals surface area contributed by atoms with Gasteiger partial charge in [-0.3, -0.25) is 0 Å². The summed E-state index contributed by atoms with van der Waals surface area (Å²) in [5, 5.41) is 0. The van der Waals surface area contributed by atoms with Gasteiger partial charge in [-0.1, -0.05) is 26.0 Å². The Morgan fingerprint density at radius 3 is 2.06 bits per heavy atom. The van der Waals surface area contributed by atoms with Gasteiger partial charge in [-0.2, -0.15) is 0 Å². The molecule has 2 heteroatoms. The molecule has 0 aliphatic carbocycles. The maximum atomic E-state index is 6.11. The van der Waals surface area contributed by atoms with Crippen molar-refractivity contribution in [3.8, 4) is 5.75 Å². The van der Waals surface area contributed by atoms with Crippen molar-refractivity contribution in [2.45, 2.75) is 46.3 Å². The number of hydrogen-bond acceptors (Lipinski definition) is 2. The predicted molar refractivity (Wildman–Crippen MR) is 68.6 cm³/mol. The van der Waals surface area contributed by atoms with Gasteiger partial charge in [-0.05, 0) is 43.9 Å². The van der Waals surface area contributed by atoms with Crippen LogP contribution in [0.15, 0.2) is 24.3 Å². The van der Waals surface area contributed by atoms with Crippen LogP contribution in [0.1, 0.15) is 45.7 Å². The van der Waals surface area contributed by atoms with Crippen LogP contribution in [0.4, 0.5) is 0 Å². The molecular formula is C14H23NO. The summed E-state index contributed by atoms with van der Waals surface area (Å²) in [5.74, 6) is 1.54. The number of benzene rings is 1. The third-order valence-corrected chi connectivity index (χ3v) is 2.41. The van der Waals surface area contributed by atoms with E-state index in [9.17, 15) is 0 Å². The fraction of sp³-hybridized carbons (Fsp3) is 0.571. The van der Waals surface area contributed by atoms with E-state index in [-0.39, 0.29) is 12.1 Å². The molecule has 1 aromatic rings. The van der Waals surface area contributed by atoms with Gasteiger partial charge >= 0.3 is 0 Å². The lowest BCUT2D eigenvalue weighted by Gasteiger charge is -2.15. The molecule has 0 aliphatic rings. The Hall–Kier alpha value is -1.02. The molecule has 2 nitrogen and oxygen atoms in total. The van der Waals surface area contributed by atoms with Crippen molar-refractivity contribution in [1.82, 2.24) is 0 Å². The van der Waals surface area contributed by atoms with Gasteiger partial charge in [0.05, 0.1) is 6.10 Å². The molecule has 1 rings (SSSR count). The second-order valence-electron chi connectivity index (χ2n) is 4.97. The van der Waals surface area contributed by atoms with E-state index >= 15 is 0 Å². The average Bonchev–Trinajstić information content (AvgIpc) is 2.16. The second-order valence-corrected chi connectivity index (χ2v) is 4.97. The number of hydrogen-bond donors (Lipinski definition) is 1. The van der Waals surface area contributed by atoms with Crippen molar-refractivity contribution in [3.05, 3.63) is 29.8 Å². The van der Waals surface area contributed by atoms with Crippen molar-refractivity contribution < 1.29 is 4.74 Å². The number of rotatable bonds is 5. The molecule has 1 aromatic carbocycles. The van der Waals surface area contributed by atoms with Crippen molar-refractivity contribution in [2.24, 2.45) is 11.7 Å². The SMILES string of the molecule is CC(C)C[C@H](N)c1ccc(OC(C)C)cc1. The number of ether oxygens (including phenoxy) is 1. The molecule has 0 saturated carbocycles. The largest absolute Gasteiger partial charge is 0.491 e. The van der Waals surface area contributed by atoms with Crippen LogP contribution in [0, 0.1) is 5.92 Å². The molecule has 0 unspecified atom stereocenters. The first-order chi connectivity index (χ1) is 7.49. The van der Waals surface area contributed by atoms with Gasteiger partial charge in [0, 0.05) is 6.04 Å². The predicted octanol–water partition coefficient (Wildman–Crippen LogP) is 3.52. The highest BCUT2D eigenvalue weighted by atomic mass is 16.5. The monoisotopic (exact) mass is 221 g/mol. The molecule has 16 heavy (non-hydrogen) atoms. The minimum Gasteiger partial charge on any atom is -0.491 e. The first-order valence-electron chi connectivity index (χ1n) is 6.01. The summed E-state index contributed by atoms with van der Waals surface area (Å²) in [6.07, 6.45) is 1.24. The molecular weight excluding hydrogens is 198 g/mol. The lowest BCUT2D eigenvalue weighted by Crippen LogP contribution is -2.13. The zero-order valence-corrected chi connectivity index (χ0v) is 10.7. The summed E-state index contributed by atoms with van der Waals surface area (Å²) in [6.45, 7) is 8.43. The Balaban J connectivity index is 2.63. The van der Waals surface area contributed by atoms with E-state index in [1.165, 1.54) is 5.56 Å². The summed E-state index contributed by atoms with van der Waals surface area (Å²) in [5.41, 5.74) is 7.29. The van der Waals surface area contributed by atoms with Crippen molar-refractivity contribution in [1.29, 1.82) is 0 Å². The summed E-state index contributed by atoms with van der Waals surface area (Å²) in [6, 6.07) is 8.24. The Kier molecular flexibility index (Phi) is 4.81. The van der Waals surface area contributed by atoms with Crippen molar-refractivity contribution >= 4 is 0 Å². The third kappa shape index (κ3) is 4.23. The van der Waals surface area contributed by atoms with Gasteiger partial charge in [0.1, 0.15) is 5.75 Å². The van der Waals surface area contributed by atoms with E-state index in [1.54, 1.807) is 0 Å². The average molecular weight is 221 g/mol. The molecule has 0 amide bonds. The Morgan fingerprint density at radius 2 is 1.62 bits per heavy atom. The van der Waals surface area contributed by atoms with Crippen LogP contribution in [0.2, 0.25) is 0 Å². The van der Waals surface area contributed by atoms with Crippen LogP contribution >= 0.6 is 0 Å². The fourth-order valence-corrected chi connectivity index (χ4v) is 1.71. The Morgan fingerprint density at radius 1 is 1.06 bits per heavy atom. The second kappa shape index (κ2) is 5.90. The summed E-state index contributed by atoms with van der Waals surface area (Å²) in [4.78, 5) is 0. The van der Waals surface area contributed by atoms with E-state index in [0.29, 0.717) is 5.92 Å². The zero-order chi connectivity index (χ0) is 12.1. The van der Waals surface area contributed by atoms with Crippen LogP contribution in [0.5, 0.6) is 5.75 Å². The quantitative estimate of drug-likeness (QED) is 0.825. The molecule has 0 saturated heterocycles. The van der Waals surface area contributed by atoms with Crippen molar-refractivity contribution in [2.75, 3.05) is 0 Å². The minimum absolute atomic E-state index is 0.132. The van der Waals surface area contributed by atoms with Crippen LogP contribution in [-0.2, 0) is 0 Å². The highest BCUT2D eigenvalue weighted by Gasteiger charge is 2.08. The zero-order valence-electron chi connectivity index (χ0n) is 10.7. The van der Waals surface area contributed by atoms with Gasteiger partial charge in [0.2, 0.25) is 0 Å². The molecule has 0 spiro atoms. The highest BCUT2D eigenvalue weighted by molar-refractivity contribution is 5.29. The fourth-order valence-electron chi connectivity index (χ4n) is 1.71. The van der Waals surface area contributed by atoms with Crippen LogP contribution in [0.3, 0.4) is 0 Å². The lowest BCUT2D eigenvalue weighted by atomic mass is 9.98. The molecule has 0 fully saturated rings. The van der Waals surface area contributed by atoms with Crippen molar-refractivity contribution in [3.63, 3.8) is 0 Å². The number of nitrogens with two attached hydrogens (primary N) is 1. The Bertz CT molecular complexity index is 303. The van der Waals surface area contributed by atoms with E-state index in [4.69, 9.17) is 10.5 Å². The first-order valence-corrected chi connectivity index (χ1v) is 6.01. The molecule has 0 bridgehead atoms. The smallest absolute Gasteiger partial charge is 0.119 e. The van der Waals surface area contributed by atoms with Crippen LogP contribution < -0.4 is 10.5 Å². The molecule has 2 N–H and O–H groups in total. The maximum Gasteiger partial charge on any atom is 0.119 e. The molecule has 1 atom stereocenters. The lowest BCUT2D eigenvalue weighted by molar-refractivity contribution is 0.242. The van der Waals surface area contributed by atoms with E-state index in [1.807, 2.05) is 26.0 Å². The van der Waals surface area contributed by atoms with Gasteiger partial charge in [-0.25, -0.2) is 0 Å². The molecule has 0 aliphatic heterocycles. The molecule has 0 radical (unpaired) electrons. The van der Waals surface area contributed by atoms with Crippen LogP contribution in [-0.4, -0.2) is 6.10 Å². The highest BCUT2D eigenvalue weighted by Crippen LogP contribution is 2.21. The summed E-state index contributed by atoms with van der Waals surface area (Å²) in [7, 11) is 0. The van der Waals surface area contributed by atoms with Gasteiger partial charge in [-0.15, -0.1) is 0 Å². The maximum absolute atomic E-state index is 6.11. The molecule has 90 valence electrons. The first kappa shape index (κ1) is 13.0.